The Morgan fingerprint density at radius 1 is 1.53 bits per heavy atom. The van der Waals surface area contributed by atoms with Gasteiger partial charge in [-0.15, -0.1) is 11.6 Å². The first-order valence-corrected chi connectivity index (χ1v) is 6.10. The Morgan fingerprint density at radius 3 is 2.76 bits per heavy atom. The van der Waals surface area contributed by atoms with Gasteiger partial charge >= 0.3 is 0 Å². The van der Waals surface area contributed by atoms with E-state index in [0.717, 1.165) is 0 Å². The van der Waals surface area contributed by atoms with Crippen molar-refractivity contribution in [1.82, 2.24) is 0 Å². The van der Waals surface area contributed by atoms with E-state index in [9.17, 15) is 14.9 Å². The Labute approximate surface area is 111 Å². The quantitative estimate of drug-likeness (QED) is 0.478. The van der Waals surface area contributed by atoms with Crippen LogP contribution in [0.25, 0.3) is 0 Å². The third kappa shape index (κ3) is 2.42. The average molecular weight is 320 g/mol. The second-order valence-electron chi connectivity index (χ2n) is 3.70. The van der Waals surface area contributed by atoms with Gasteiger partial charge in [-0.05, 0) is 12.1 Å². The first kappa shape index (κ1) is 12.3. The topological polar surface area (TPSA) is 63.5 Å². The van der Waals surface area contributed by atoms with Crippen molar-refractivity contribution < 1.29 is 9.72 Å². The number of nitro groups is 1. The molecule has 1 unspecified atom stereocenters. The normalized spacial score (nSPS) is 19.8. The fraction of sp³-hybridized carbons (Fsp3) is 0.300. The summed E-state index contributed by atoms with van der Waals surface area (Å²) in [4.78, 5) is 23.4. The molecule has 90 valence electrons. The molecule has 2 rings (SSSR count). The lowest BCUT2D eigenvalue weighted by Gasteiger charge is -2.16. The molecule has 5 nitrogen and oxygen atoms in total. The van der Waals surface area contributed by atoms with Crippen molar-refractivity contribution in [3.63, 3.8) is 0 Å². The van der Waals surface area contributed by atoms with Crippen LogP contribution in [0.3, 0.4) is 0 Å². The third-order valence-corrected chi connectivity index (χ3v) is 3.29. The molecule has 1 aliphatic heterocycles. The Balaban J connectivity index is 2.46. The number of hydrogen-bond acceptors (Lipinski definition) is 3. The maximum absolute atomic E-state index is 11.7. The molecule has 0 radical (unpaired) electrons. The summed E-state index contributed by atoms with van der Waals surface area (Å²) in [7, 11) is 0. The summed E-state index contributed by atoms with van der Waals surface area (Å²) in [5.74, 6) is -0.189. The van der Waals surface area contributed by atoms with Gasteiger partial charge in [0, 0.05) is 23.5 Å². The molecule has 0 aromatic heterocycles. The molecule has 0 spiro atoms. The molecule has 1 atom stereocenters. The Morgan fingerprint density at radius 2 is 2.24 bits per heavy atom. The van der Waals surface area contributed by atoms with Gasteiger partial charge in [0.2, 0.25) is 5.91 Å². The summed E-state index contributed by atoms with van der Waals surface area (Å²) in [6.45, 7) is 0.303. The van der Waals surface area contributed by atoms with Crippen molar-refractivity contribution in [1.29, 1.82) is 0 Å². The first-order chi connectivity index (χ1) is 7.99. The average Bonchev–Trinajstić information content (AvgIpc) is 2.57. The predicted molar refractivity (Wildman–Crippen MR) is 67.4 cm³/mol. The number of nitro benzene ring substituents is 1. The number of alkyl halides is 1. The van der Waals surface area contributed by atoms with Crippen LogP contribution in [0.15, 0.2) is 22.7 Å². The van der Waals surface area contributed by atoms with E-state index < -0.39 is 4.92 Å². The lowest BCUT2D eigenvalue weighted by Crippen LogP contribution is -2.25. The molecule has 1 amide bonds. The molecule has 0 bridgehead atoms. The number of carbonyl (C=O) groups is 1. The van der Waals surface area contributed by atoms with Crippen molar-refractivity contribution in [2.75, 3.05) is 11.4 Å². The molecule has 1 fully saturated rings. The monoisotopic (exact) mass is 318 g/mol. The number of halogens is 2. The van der Waals surface area contributed by atoms with Crippen molar-refractivity contribution in [2.24, 2.45) is 0 Å². The fourth-order valence-electron chi connectivity index (χ4n) is 1.76. The molecule has 0 aliphatic carbocycles. The van der Waals surface area contributed by atoms with Crippen LogP contribution >= 0.6 is 27.5 Å². The number of rotatable bonds is 2. The fourth-order valence-corrected chi connectivity index (χ4v) is 2.38. The van der Waals surface area contributed by atoms with E-state index in [0.29, 0.717) is 11.0 Å². The molecule has 1 saturated heterocycles. The summed E-state index contributed by atoms with van der Waals surface area (Å²) in [5.41, 5.74) is 0.199. The maximum atomic E-state index is 11.7. The van der Waals surface area contributed by atoms with Crippen LogP contribution in [0, 0.1) is 10.1 Å². The molecule has 17 heavy (non-hydrogen) atoms. The van der Waals surface area contributed by atoms with E-state index in [4.69, 9.17) is 11.6 Å². The number of carbonyl (C=O) groups excluding carboxylic acids is 1. The van der Waals surface area contributed by atoms with Crippen LogP contribution in [0.2, 0.25) is 0 Å². The zero-order chi connectivity index (χ0) is 12.6. The molecule has 1 aliphatic rings. The Bertz CT molecular complexity index is 494. The first-order valence-electron chi connectivity index (χ1n) is 4.87. The van der Waals surface area contributed by atoms with Gasteiger partial charge in [0.05, 0.1) is 10.3 Å². The molecule has 1 aromatic carbocycles. The van der Waals surface area contributed by atoms with Gasteiger partial charge in [-0.3, -0.25) is 14.9 Å². The lowest BCUT2D eigenvalue weighted by molar-refractivity contribution is -0.384. The van der Waals surface area contributed by atoms with Gasteiger partial charge in [-0.25, -0.2) is 0 Å². The smallest absolute Gasteiger partial charge is 0.293 e. The van der Waals surface area contributed by atoms with Gasteiger partial charge in [0.15, 0.2) is 0 Å². The number of nitrogens with zero attached hydrogens (tertiary/aromatic N) is 2. The molecule has 0 saturated carbocycles. The van der Waals surface area contributed by atoms with Crippen LogP contribution in [0.5, 0.6) is 0 Å². The van der Waals surface area contributed by atoms with Crippen molar-refractivity contribution in [2.45, 2.75) is 11.8 Å². The summed E-state index contributed by atoms with van der Waals surface area (Å²) < 4.78 is 0.684. The van der Waals surface area contributed by atoms with E-state index in [1.54, 1.807) is 12.1 Å². The van der Waals surface area contributed by atoms with E-state index in [1.807, 2.05) is 0 Å². The zero-order valence-corrected chi connectivity index (χ0v) is 10.9. The van der Waals surface area contributed by atoms with Crippen LogP contribution in [0.1, 0.15) is 6.42 Å². The number of benzene rings is 1. The number of hydrogen-bond donors (Lipinski definition) is 0. The summed E-state index contributed by atoms with van der Waals surface area (Å²) >= 11 is 9.11. The van der Waals surface area contributed by atoms with E-state index in [-0.39, 0.29) is 29.1 Å². The summed E-state index contributed by atoms with van der Waals surface area (Å²) in [6.07, 6.45) is 0.214. The SMILES string of the molecule is O=C1CC(Cl)CN1c1cc(Br)ccc1[N+](=O)[O-]. The van der Waals surface area contributed by atoms with E-state index in [2.05, 4.69) is 15.9 Å². The van der Waals surface area contributed by atoms with Crippen molar-refractivity contribution >= 4 is 44.8 Å². The maximum Gasteiger partial charge on any atom is 0.293 e. The minimum absolute atomic E-state index is 0.0904. The minimum atomic E-state index is -0.503. The summed E-state index contributed by atoms with van der Waals surface area (Å²) in [6, 6.07) is 4.50. The van der Waals surface area contributed by atoms with Gasteiger partial charge in [-0.2, -0.15) is 0 Å². The standard InChI is InChI=1S/C10H8BrClN2O3/c11-6-1-2-8(14(16)17)9(3-6)13-5-7(12)4-10(13)15/h1-3,7H,4-5H2. The van der Waals surface area contributed by atoms with E-state index in [1.165, 1.54) is 11.0 Å². The van der Waals surface area contributed by atoms with Crippen LogP contribution in [-0.2, 0) is 4.79 Å². The molecule has 7 heteroatoms. The predicted octanol–water partition coefficient (Wildman–Crippen LogP) is 2.70. The van der Waals surface area contributed by atoms with Crippen LogP contribution in [-0.4, -0.2) is 22.8 Å². The number of amides is 1. The van der Waals surface area contributed by atoms with Crippen molar-refractivity contribution in [3.8, 4) is 0 Å². The lowest BCUT2D eigenvalue weighted by atomic mass is 10.2. The number of anilines is 1. The van der Waals surface area contributed by atoms with Crippen LogP contribution in [0.4, 0.5) is 11.4 Å². The Kier molecular flexibility index (Phi) is 3.35. The van der Waals surface area contributed by atoms with Crippen LogP contribution < -0.4 is 4.90 Å². The van der Waals surface area contributed by atoms with E-state index >= 15 is 0 Å². The molecular weight excluding hydrogens is 311 g/mol. The highest BCUT2D eigenvalue weighted by Gasteiger charge is 2.33. The van der Waals surface area contributed by atoms with Crippen molar-refractivity contribution in [3.05, 3.63) is 32.8 Å². The second-order valence-corrected chi connectivity index (χ2v) is 5.23. The zero-order valence-electron chi connectivity index (χ0n) is 8.60. The molecule has 1 heterocycles. The highest BCUT2D eigenvalue weighted by atomic mass is 79.9. The van der Waals surface area contributed by atoms with Gasteiger partial charge in [0.25, 0.3) is 5.69 Å². The third-order valence-electron chi connectivity index (χ3n) is 2.50. The largest absolute Gasteiger partial charge is 0.305 e. The second kappa shape index (κ2) is 4.62. The summed E-state index contributed by atoms with van der Waals surface area (Å²) in [5, 5.41) is 10.6. The molecule has 0 N–H and O–H groups in total. The minimum Gasteiger partial charge on any atom is -0.305 e. The van der Waals surface area contributed by atoms with Gasteiger partial charge in [-0.1, -0.05) is 15.9 Å². The van der Waals surface area contributed by atoms with Gasteiger partial charge in [0.1, 0.15) is 5.69 Å². The molecule has 1 aromatic rings. The highest BCUT2D eigenvalue weighted by molar-refractivity contribution is 9.10. The Hall–Kier alpha value is -1.14. The van der Waals surface area contributed by atoms with Gasteiger partial charge < -0.3 is 4.90 Å². The molecular formula is C10H8BrClN2O3. The highest BCUT2D eigenvalue weighted by Crippen LogP contribution is 2.34.